The molecule has 1 amide bonds. The van der Waals surface area contributed by atoms with Crippen LogP contribution < -0.4 is 11.1 Å². The zero-order valence-electron chi connectivity index (χ0n) is 10.3. The Bertz CT molecular complexity index is 432. The van der Waals surface area contributed by atoms with Crippen molar-refractivity contribution < 1.29 is 14.7 Å². The van der Waals surface area contributed by atoms with Crippen LogP contribution in [0.25, 0.3) is 0 Å². The van der Waals surface area contributed by atoms with Crippen LogP contribution in [-0.2, 0) is 16.0 Å². The highest BCUT2D eigenvalue weighted by atomic mass is 16.4. The molecule has 0 radical (unpaired) electrons. The summed E-state index contributed by atoms with van der Waals surface area (Å²) in [5, 5.41) is 11.4. The zero-order valence-corrected chi connectivity index (χ0v) is 10.3. The minimum absolute atomic E-state index is 0.137. The van der Waals surface area contributed by atoms with Gasteiger partial charge in [-0.25, -0.2) is 4.79 Å². The largest absolute Gasteiger partial charge is 0.480 e. The summed E-state index contributed by atoms with van der Waals surface area (Å²) >= 11 is 0. The quantitative estimate of drug-likeness (QED) is 0.661. The highest BCUT2D eigenvalue weighted by molar-refractivity contribution is 5.84. The fraction of sp³-hybridized carbons (Fsp3) is 0.385. The van der Waals surface area contributed by atoms with E-state index >= 15 is 0 Å². The van der Waals surface area contributed by atoms with Gasteiger partial charge in [-0.2, -0.15) is 0 Å². The van der Waals surface area contributed by atoms with Crippen molar-refractivity contribution in [2.75, 3.05) is 5.73 Å². The molecule has 0 heterocycles. The fourth-order valence-corrected chi connectivity index (χ4v) is 1.68. The van der Waals surface area contributed by atoms with E-state index in [4.69, 9.17) is 10.8 Å². The smallest absolute Gasteiger partial charge is 0.326 e. The molecule has 5 nitrogen and oxygen atoms in total. The Hall–Kier alpha value is -2.04. The highest BCUT2D eigenvalue weighted by Crippen LogP contribution is 2.07. The molecule has 98 valence electrons. The van der Waals surface area contributed by atoms with Gasteiger partial charge in [0.05, 0.1) is 6.42 Å². The standard InChI is InChI=1S/C13H18N2O3/c1-2-4-11(13(17)18)15-12(16)8-9-5-3-6-10(14)7-9/h3,5-7,11H,2,4,8,14H2,1H3,(H,15,16)(H,17,18). The Balaban J connectivity index is 2.57. The molecule has 0 saturated heterocycles. The number of carboxylic acid groups (broad SMARTS) is 1. The van der Waals surface area contributed by atoms with Gasteiger partial charge in [0.1, 0.15) is 6.04 Å². The van der Waals surface area contributed by atoms with Gasteiger partial charge in [-0.05, 0) is 24.1 Å². The molecule has 0 aliphatic carbocycles. The molecule has 1 rings (SSSR count). The average Bonchev–Trinajstić information content (AvgIpc) is 2.28. The lowest BCUT2D eigenvalue weighted by atomic mass is 10.1. The van der Waals surface area contributed by atoms with Gasteiger partial charge < -0.3 is 16.2 Å². The maximum Gasteiger partial charge on any atom is 0.326 e. The van der Waals surface area contributed by atoms with E-state index in [0.29, 0.717) is 18.5 Å². The third kappa shape index (κ3) is 4.45. The van der Waals surface area contributed by atoms with Crippen molar-refractivity contribution in [1.29, 1.82) is 0 Å². The van der Waals surface area contributed by atoms with Crippen molar-refractivity contribution in [2.24, 2.45) is 0 Å². The van der Waals surface area contributed by atoms with E-state index < -0.39 is 12.0 Å². The lowest BCUT2D eigenvalue weighted by molar-refractivity contribution is -0.141. The number of rotatable bonds is 6. The van der Waals surface area contributed by atoms with Crippen LogP contribution in [0.3, 0.4) is 0 Å². The second-order valence-corrected chi connectivity index (χ2v) is 4.17. The number of carbonyl (C=O) groups is 2. The fourth-order valence-electron chi connectivity index (χ4n) is 1.68. The molecule has 0 bridgehead atoms. The summed E-state index contributed by atoms with van der Waals surface area (Å²) in [7, 11) is 0. The maximum absolute atomic E-state index is 11.7. The molecule has 0 aromatic heterocycles. The van der Waals surface area contributed by atoms with Gasteiger partial charge in [0.25, 0.3) is 0 Å². The number of nitrogen functional groups attached to an aromatic ring is 1. The number of benzene rings is 1. The molecule has 5 heteroatoms. The van der Waals surface area contributed by atoms with Gasteiger partial charge in [0.2, 0.25) is 5.91 Å². The van der Waals surface area contributed by atoms with Crippen molar-refractivity contribution in [3.05, 3.63) is 29.8 Å². The van der Waals surface area contributed by atoms with E-state index in [-0.39, 0.29) is 12.3 Å². The van der Waals surface area contributed by atoms with E-state index in [0.717, 1.165) is 5.56 Å². The van der Waals surface area contributed by atoms with Crippen LogP contribution in [0.15, 0.2) is 24.3 Å². The van der Waals surface area contributed by atoms with Crippen LogP contribution in [0.4, 0.5) is 5.69 Å². The molecule has 0 saturated carbocycles. The molecule has 1 unspecified atom stereocenters. The van der Waals surface area contributed by atoms with Crippen molar-refractivity contribution in [3.63, 3.8) is 0 Å². The number of hydrogen-bond donors (Lipinski definition) is 3. The first-order valence-electron chi connectivity index (χ1n) is 5.89. The SMILES string of the molecule is CCCC(NC(=O)Cc1cccc(N)c1)C(=O)O. The van der Waals surface area contributed by atoms with Gasteiger partial charge in [0, 0.05) is 5.69 Å². The molecule has 0 spiro atoms. The number of carbonyl (C=O) groups excluding carboxylic acids is 1. The first kappa shape index (κ1) is 14.0. The van der Waals surface area contributed by atoms with E-state index in [1.165, 1.54) is 0 Å². The summed E-state index contributed by atoms with van der Waals surface area (Å²) in [4.78, 5) is 22.6. The Morgan fingerprint density at radius 2 is 2.17 bits per heavy atom. The molecule has 1 aromatic rings. The summed E-state index contributed by atoms with van der Waals surface area (Å²) in [6, 6.07) is 6.17. The summed E-state index contributed by atoms with van der Waals surface area (Å²) in [5.41, 5.74) is 6.96. The van der Waals surface area contributed by atoms with Crippen molar-refractivity contribution >= 4 is 17.6 Å². The van der Waals surface area contributed by atoms with Crippen LogP contribution in [0, 0.1) is 0 Å². The molecular weight excluding hydrogens is 232 g/mol. The summed E-state index contributed by atoms with van der Waals surface area (Å²) in [6.07, 6.45) is 1.27. The van der Waals surface area contributed by atoms with Crippen LogP contribution in [-0.4, -0.2) is 23.0 Å². The van der Waals surface area contributed by atoms with Crippen molar-refractivity contribution in [1.82, 2.24) is 5.32 Å². The number of amides is 1. The molecule has 1 atom stereocenters. The number of nitrogens with two attached hydrogens (primary N) is 1. The minimum atomic E-state index is -1.00. The molecule has 0 fully saturated rings. The van der Waals surface area contributed by atoms with Crippen LogP contribution in [0.5, 0.6) is 0 Å². The lowest BCUT2D eigenvalue weighted by Gasteiger charge is -2.13. The Morgan fingerprint density at radius 1 is 1.44 bits per heavy atom. The second kappa shape index (κ2) is 6.64. The Labute approximate surface area is 106 Å². The van der Waals surface area contributed by atoms with Gasteiger partial charge in [-0.1, -0.05) is 25.5 Å². The Morgan fingerprint density at radius 3 is 2.72 bits per heavy atom. The van der Waals surface area contributed by atoms with Crippen LogP contribution >= 0.6 is 0 Å². The van der Waals surface area contributed by atoms with Crippen molar-refractivity contribution in [3.8, 4) is 0 Å². The molecule has 4 N–H and O–H groups in total. The molecule has 0 aliphatic heterocycles. The van der Waals surface area contributed by atoms with E-state index in [1.54, 1.807) is 24.3 Å². The first-order chi connectivity index (χ1) is 8.52. The Kier molecular flexibility index (Phi) is 5.17. The third-order valence-corrected chi connectivity index (χ3v) is 2.53. The van der Waals surface area contributed by atoms with E-state index in [9.17, 15) is 9.59 Å². The summed E-state index contributed by atoms with van der Waals surface area (Å²) in [5.74, 6) is -1.31. The molecule has 1 aromatic carbocycles. The second-order valence-electron chi connectivity index (χ2n) is 4.17. The summed E-state index contributed by atoms with van der Waals surface area (Å²) < 4.78 is 0. The number of nitrogens with one attached hydrogen (secondary N) is 1. The number of aliphatic carboxylic acids is 1. The predicted molar refractivity (Wildman–Crippen MR) is 69.0 cm³/mol. The highest BCUT2D eigenvalue weighted by Gasteiger charge is 2.18. The number of hydrogen-bond acceptors (Lipinski definition) is 3. The lowest BCUT2D eigenvalue weighted by Crippen LogP contribution is -2.41. The molecule has 18 heavy (non-hydrogen) atoms. The first-order valence-corrected chi connectivity index (χ1v) is 5.89. The van der Waals surface area contributed by atoms with Gasteiger partial charge in [0.15, 0.2) is 0 Å². The zero-order chi connectivity index (χ0) is 13.5. The third-order valence-electron chi connectivity index (χ3n) is 2.53. The van der Waals surface area contributed by atoms with Gasteiger partial charge >= 0.3 is 5.97 Å². The number of anilines is 1. The summed E-state index contributed by atoms with van der Waals surface area (Å²) in [6.45, 7) is 1.87. The minimum Gasteiger partial charge on any atom is -0.480 e. The van der Waals surface area contributed by atoms with Gasteiger partial charge in [-0.15, -0.1) is 0 Å². The topological polar surface area (TPSA) is 92.4 Å². The van der Waals surface area contributed by atoms with Gasteiger partial charge in [-0.3, -0.25) is 4.79 Å². The molecule has 0 aliphatic rings. The van der Waals surface area contributed by atoms with E-state index in [2.05, 4.69) is 5.32 Å². The normalized spacial score (nSPS) is 11.8. The monoisotopic (exact) mass is 250 g/mol. The van der Waals surface area contributed by atoms with Crippen molar-refractivity contribution in [2.45, 2.75) is 32.2 Å². The maximum atomic E-state index is 11.7. The predicted octanol–water partition coefficient (Wildman–Crippen LogP) is 1.18. The van der Waals surface area contributed by atoms with Crippen LogP contribution in [0.1, 0.15) is 25.3 Å². The van der Waals surface area contributed by atoms with E-state index in [1.807, 2.05) is 6.92 Å². The van der Waals surface area contributed by atoms with Crippen LogP contribution in [0.2, 0.25) is 0 Å². The number of carboxylic acids is 1. The average molecular weight is 250 g/mol. The molecular formula is C13H18N2O3.